The molecule has 25 heavy (non-hydrogen) atoms. The van der Waals surface area contributed by atoms with E-state index in [1.165, 1.54) is 0 Å². The van der Waals surface area contributed by atoms with Crippen LogP contribution in [0.3, 0.4) is 0 Å². The van der Waals surface area contributed by atoms with Crippen molar-refractivity contribution in [2.75, 3.05) is 5.73 Å². The second-order valence-electron chi connectivity index (χ2n) is 7.33. The Morgan fingerprint density at radius 2 is 1.88 bits per heavy atom. The second kappa shape index (κ2) is 6.27. The van der Waals surface area contributed by atoms with Crippen LogP contribution in [-0.4, -0.2) is 28.3 Å². The molecule has 0 saturated carbocycles. The van der Waals surface area contributed by atoms with Crippen LogP contribution in [0.2, 0.25) is 0 Å². The molecule has 3 heterocycles. The maximum absolute atomic E-state index is 6.07. The minimum Gasteiger partial charge on any atom is -0.480 e. The van der Waals surface area contributed by atoms with E-state index in [2.05, 4.69) is 9.97 Å². The third-order valence-corrected chi connectivity index (χ3v) is 5.84. The lowest BCUT2D eigenvalue weighted by Gasteiger charge is -2.32. The Hall–Kier alpha value is -1.64. The van der Waals surface area contributed by atoms with Gasteiger partial charge in [0.15, 0.2) is 11.6 Å². The van der Waals surface area contributed by atoms with Crippen molar-refractivity contribution in [1.29, 1.82) is 0 Å². The van der Waals surface area contributed by atoms with E-state index < -0.39 is 18.3 Å². The molecule has 2 N–H and O–H groups in total. The van der Waals surface area contributed by atoms with Gasteiger partial charge in [0, 0.05) is 22.7 Å². The van der Waals surface area contributed by atoms with Gasteiger partial charge >= 0.3 is 7.12 Å². The van der Waals surface area contributed by atoms with Gasteiger partial charge in [0.05, 0.1) is 11.2 Å². The summed E-state index contributed by atoms with van der Waals surface area (Å²) >= 11 is 1.57. The molecule has 1 fully saturated rings. The Morgan fingerprint density at radius 1 is 1.24 bits per heavy atom. The van der Waals surface area contributed by atoms with Gasteiger partial charge < -0.3 is 19.8 Å². The van der Waals surface area contributed by atoms with Gasteiger partial charge in [-0.3, -0.25) is 0 Å². The number of nitrogens with two attached hydrogens (primary N) is 1. The molecule has 0 aliphatic carbocycles. The Kier molecular flexibility index (Phi) is 4.55. The fourth-order valence-corrected chi connectivity index (χ4v) is 3.25. The van der Waals surface area contributed by atoms with Crippen molar-refractivity contribution in [3.05, 3.63) is 28.3 Å². The molecule has 3 rings (SSSR count). The Morgan fingerprint density at radius 3 is 2.44 bits per heavy atom. The molecule has 134 valence electrons. The zero-order valence-corrected chi connectivity index (χ0v) is 16.3. The highest BCUT2D eigenvalue weighted by Gasteiger charge is 2.52. The van der Waals surface area contributed by atoms with Gasteiger partial charge in [0.1, 0.15) is 11.1 Å². The van der Waals surface area contributed by atoms with Crippen molar-refractivity contribution in [2.24, 2.45) is 0 Å². The summed E-state index contributed by atoms with van der Waals surface area (Å²) in [6.45, 7) is 12.0. The fourth-order valence-electron chi connectivity index (χ4n) is 2.47. The van der Waals surface area contributed by atoms with E-state index in [4.69, 9.17) is 19.8 Å². The van der Waals surface area contributed by atoms with Gasteiger partial charge in [-0.1, -0.05) is 0 Å². The van der Waals surface area contributed by atoms with Crippen molar-refractivity contribution in [1.82, 2.24) is 9.97 Å². The monoisotopic (exact) mass is 361 g/mol. The second-order valence-corrected chi connectivity index (χ2v) is 8.22. The fraction of sp³-hybridized carbons (Fsp3) is 0.529. The van der Waals surface area contributed by atoms with Crippen LogP contribution in [0.15, 0.2) is 17.6 Å². The number of pyridine rings is 1. The topological polar surface area (TPSA) is 79.5 Å². The first kappa shape index (κ1) is 18.2. The van der Waals surface area contributed by atoms with Gasteiger partial charge in [-0.15, -0.1) is 11.3 Å². The molecule has 0 amide bonds. The standard InChI is InChI=1S/C17H24BN3O3S/c1-10-9-25-15(21-10)11(2)22-13-7-12(8-20-14(13)19)18-23-16(3,4)17(5,6)24-18/h7-9,11H,1-6H3,(H2,19,20)/t11-/m1/s1. The van der Waals surface area contributed by atoms with E-state index in [9.17, 15) is 0 Å². The third kappa shape index (κ3) is 3.52. The van der Waals surface area contributed by atoms with E-state index in [-0.39, 0.29) is 6.10 Å². The number of anilines is 1. The normalized spacial score (nSPS) is 19.8. The number of hydrogen-bond acceptors (Lipinski definition) is 7. The summed E-state index contributed by atoms with van der Waals surface area (Å²) in [5, 5.41) is 2.90. The number of aryl methyl sites for hydroxylation is 1. The average Bonchev–Trinajstić information content (AvgIpc) is 3.03. The predicted octanol–water partition coefficient (Wildman–Crippen LogP) is 2.87. The van der Waals surface area contributed by atoms with Crippen molar-refractivity contribution in [3.8, 4) is 5.75 Å². The van der Waals surface area contributed by atoms with Crippen molar-refractivity contribution < 1.29 is 14.0 Å². The minimum atomic E-state index is -0.502. The molecule has 8 heteroatoms. The summed E-state index contributed by atoms with van der Waals surface area (Å²) in [6, 6.07) is 1.83. The molecule has 1 aliphatic rings. The summed E-state index contributed by atoms with van der Waals surface area (Å²) in [7, 11) is -0.502. The van der Waals surface area contributed by atoms with Crippen molar-refractivity contribution >= 4 is 29.7 Å². The van der Waals surface area contributed by atoms with Crippen LogP contribution in [0.4, 0.5) is 5.82 Å². The van der Waals surface area contributed by atoms with Crippen LogP contribution in [-0.2, 0) is 9.31 Å². The summed E-state index contributed by atoms with van der Waals surface area (Å²) in [5.74, 6) is 0.841. The van der Waals surface area contributed by atoms with Crippen LogP contribution in [0, 0.1) is 6.92 Å². The van der Waals surface area contributed by atoms with Crippen LogP contribution in [0.25, 0.3) is 0 Å². The van der Waals surface area contributed by atoms with E-state index in [1.54, 1.807) is 17.5 Å². The van der Waals surface area contributed by atoms with Crippen LogP contribution < -0.4 is 15.9 Å². The molecule has 2 aromatic heterocycles. The number of aromatic nitrogens is 2. The summed E-state index contributed by atoms with van der Waals surface area (Å²) in [6.07, 6.45) is 1.46. The summed E-state index contributed by atoms with van der Waals surface area (Å²) < 4.78 is 18.1. The smallest absolute Gasteiger partial charge is 0.480 e. The maximum Gasteiger partial charge on any atom is 0.496 e. The highest BCUT2D eigenvalue weighted by atomic mass is 32.1. The van der Waals surface area contributed by atoms with Crippen LogP contribution in [0.1, 0.15) is 51.4 Å². The average molecular weight is 361 g/mol. The van der Waals surface area contributed by atoms with E-state index in [0.717, 1.165) is 16.2 Å². The summed E-state index contributed by atoms with van der Waals surface area (Å²) in [5.41, 5.74) is 6.93. The molecule has 0 spiro atoms. The molecule has 0 bridgehead atoms. The molecule has 1 aliphatic heterocycles. The van der Waals surface area contributed by atoms with Gasteiger partial charge in [-0.25, -0.2) is 9.97 Å². The zero-order valence-electron chi connectivity index (χ0n) is 15.5. The molecular weight excluding hydrogens is 337 g/mol. The van der Waals surface area contributed by atoms with E-state index >= 15 is 0 Å². The summed E-state index contributed by atoms with van der Waals surface area (Å²) in [4.78, 5) is 8.70. The minimum absolute atomic E-state index is 0.212. The molecule has 1 saturated heterocycles. The van der Waals surface area contributed by atoms with Crippen LogP contribution in [0.5, 0.6) is 5.75 Å². The van der Waals surface area contributed by atoms with Gasteiger partial charge in [-0.2, -0.15) is 0 Å². The molecule has 6 nitrogen and oxygen atoms in total. The highest BCUT2D eigenvalue weighted by Crippen LogP contribution is 2.37. The van der Waals surface area contributed by atoms with Gasteiger partial charge in [-0.05, 0) is 47.6 Å². The quantitative estimate of drug-likeness (QED) is 0.844. The zero-order chi connectivity index (χ0) is 18.4. The van der Waals surface area contributed by atoms with Gasteiger partial charge in [0.2, 0.25) is 0 Å². The highest BCUT2D eigenvalue weighted by molar-refractivity contribution is 7.09. The lowest BCUT2D eigenvalue weighted by atomic mass is 9.80. The first-order valence-electron chi connectivity index (χ1n) is 8.29. The Bertz CT molecular complexity index is 762. The molecule has 0 radical (unpaired) electrons. The molecule has 0 aromatic carbocycles. The molecule has 1 atom stereocenters. The number of thiazole rings is 1. The maximum atomic E-state index is 6.07. The largest absolute Gasteiger partial charge is 0.496 e. The number of nitrogen functional groups attached to an aromatic ring is 1. The Labute approximate surface area is 152 Å². The van der Waals surface area contributed by atoms with E-state index in [0.29, 0.717) is 11.6 Å². The van der Waals surface area contributed by atoms with E-state index in [1.807, 2.05) is 53.0 Å². The third-order valence-electron chi connectivity index (χ3n) is 4.72. The lowest BCUT2D eigenvalue weighted by molar-refractivity contribution is 0.00578. The number of rotatable bonds is 4. The number of ether oxygens (including phenoxy) is 1. The first-order chi connectivity index (χ1) is 11.6. The predicted molar refractivity (Wildman–Crippen MR) is 100 cm³/mol. The Balaban J connectivity index is 1.82. The number of hydrogen-bond donors (Lipinski definition) is 1. The SMILES string of the molecule is Cc1csc([C@@H](C)Oc2cc(B3OC(C)(C)C(C)(C)O3)cnc2N)n1. The molecule has 0 unspecified atom stereocenters. The first-order valence-corrected chi connectivity index (χ1v) is 9.17. The van der Waals surface area contributed by atoms with Crippen LogP contribution >= 0.6 is 11.3 Å². The van der Waals surface area contributed by atoms with Crippen molar-refractivity contribution in [2.45, 2.75) is 58.8 Å². The van der Waals surface area contributed by atoms with Crippen molar-refractivity contribution in [3.63, 3.8) is 0 Å². The lowest BCUT2D eigenvalue weighted by Crippen LogP contribution is -2.41. The molecule has 2 aromatic rings. The van der Waals surface area contributed by atoms with Gasteiger partial charge in [0.25, 0.3) is 0 Å². The number of nitrogens with zero attached hydrogens (tertiary/aromatic N) is 2. The molecular formula is C17H24BN3O3S.